The lowest BCUT2D eigenvalue weighted by atomic mass is 9.89. The average molecular weight is 258 g/mol. The number of benzene rings is 1. The van der Waals surface area contributed by atoms with Crippen LogP contribution in [0.15, 0.2) is 24.3 Å². The number of hydrogen-bond donors (Lipinski definition) is 0. The molecule has 2 aromatic rings. The molecule has 0 amide bonds. The van der Waals surface area contributed by atoms with Gasteiger partial charge in [0.05, 0.1) is 4.88 Å². The first-order valence-electron chi connectivity index (χ1n) is 5.92. The summed E-state index contributed by atoms with van der Waals surface area (Å²) in [5.74, 6) is 0.897. The van der Waals surface area contributed by atoms with Gasteiger partial charge in [0.2, 0.25) is 0 Å². The lowest BCUT2D eigenvalue weighted by Crippen LogP contribution is -2.29. The van der Waals surface area contributed by atoms with Crippen molar-refractivity contribution in [2.24, 2.45) is 0 Å². The Balaban J connectivity index is 2.37. The zero-order valence-corrected chi connectivity index (χ0v) is 11.4. The zero-order valence-electron chi connectivity index (χ0n) is 10.6. The lowest BCUT2D eigenvalue weighted by molar-refractivity contribution is 0.105. The number of carbonyl (C=O) groups excluding carboxylic acids is 1. The van der Waals surface area contributed by atoms with E-state index in [2.05, 4.69) is 13.8 Å². The molecule has 92 valence electrons. The molecule has 2 nitrogen and oxygen atoms in total. The minimum atomic E-state index is -0.383. The van der Waals surface area contributed by atoms with Crippen molar-refractivity contribution < 1.29 is 9.53 Å². The predicted octanol–water partition coefficient (Wildman–Crippen LogP) is 4.16. The molecule has 0 spiro atoms. The van der Waals surface area contributed by atoms with E-state index in [4.69, 9.17) is 4.74 Å². The minimum Gasteiger partial charge on any atom is -0.482 e. The third-order valence-electron chi connectivity index (χ3n) is 3.39. The van der Waals surface area contributed by atoms with Crippen molar-refractivity contribution >= 4 is 17.6 Å². The molecule has 0 saturated carbocycles. The van der Waals surface area contributed by atoms with E-state index in [-0.39, 0.29) is 5.60 Å². The highest BCUT2D eigenvalue weighted by Gasteiger charge is 2.36. The third-order valence-corrected chi connectivity index (χ3v) is 4.64. The maximum absolute atomic E-state index is 11.1. The molecule has 0 saturated heterocycles. The number of aldehydes is 1. The molecule has 1 aromatic heterocycles. The van der Waals surface area contributed by atoms with Crippen LogP contribution >= 0.6 is 11.3 Å². The van der Waals surface area contributed by atoms with Crippen LogP contribution in [0.25, 0.3) is 10.4 Å². The quantitative estimate of drug-likeness (QED) is 0.718. The molecular formula is C15H14O2S. The largest absolute Gasteiger partial charge is 0.482 e. The highest BCUT2D eigenvalue weighted by molar-refractivity contribution is 7.17. The smallest absolute Gasteiger partial charge is 0.160 e. The van der Waals surface area contributed by atoms with Crippen LogP contribution in [0.2, 0.25) is 0 Å². The van der Waals surface area contributed by atoms with Gasteiger partial charge in [-0.2, -0.15) is 0 Å². The topological polar surface area (TPSA) is 26.3 Å². The third kappa shape index (κ3) is 1.44. The van der Waals surface area contributed by atoms with Crippen LogP contribution in [0, 0.1) is 6.92 Å². The van der Waals surface area contributed by atoms with Crippen LogP contribution in [-0.2, 0) is 5.60 Å². The van der Waals surface area contributed by atoms with Gasteiger partial charge in [-0.05, 0) is 38.5 Å². The lowest BCUT2D eigenvalue weighted by Gasteiger charge is -2.33. The van der Waals surface area contributed by atoms with Crippen molar-refractivity contribution in [3.8, 4) is 16.2 Å². The summed E-state index contributed by atoms with van der Waals surface area (Å²) in [6, 6.07) is 8.00. The van der Waals surface area contributed by atoms with Gasteiger partial charge in [0.15, 0.2) is 6.29 Å². The van der Waals surface area contributed by atoms with Gasteiger partial charge >= 0.3 is 0 Å². The van der Waals surface area contributed by atoms with Crippen LogP contribution in [0.5, 0.6) is 5.75 Å². The highest BCUT2D eigenvalue weighted by Crippen LogP contribution is 2.50. The van der Waals surface area contributed by atoms with Crippen LogP contribution < -0.4 is 4.74 Å². The van der Waals surface area contributed by atoms with Gasteiger partial charge in [-0.3, -0.25) is 4.79 Å². The predicted molar refractivity (Wildman–Crippen MR) is 73.5 cm³/mol. The summed E-state index contributed by atoms with van der Waals surface area (Å²) in [5.41, 5.74) is 2.90. The van der Waals surface area contributed by atoms with Gasteiger partial charge < -0.3 is 4.74 Å². The average Bonchev–Trinajstić information content (AvgIpc) is 2.67. The van der Waals surface area contributed by atoms with E-state index in [1.807, 2.05) is 31.2 Å². The first kappa shape index (κ1) is 11.5. The second kappa shape index (κ2) is 3.69. The summed E-state index contributed by atoms with van der Waals surface area (Å²) in [6.45, 7) is 6.10. The van der Waals surface area contributed by atoms with E-state index < -0.39 is 0 Å². The van der Waals surface area contributed by atoms with Gasteiger partial charge in [0, 0.05) is 16.0 Å². The fourth-order valence-corrected chi connectivity index (χ4v) is 3.93. The van der Waals surface area contributed by atoms with Gasteiger partial charge in [-0.1, -0.05) is 12.1 Å². The van der Waals surface area contributed by atoms with Crippen LogP contribution in [0.1, 0.15) is 34.6 Å². The Kier molecular flexibility index (Phi) is 2.35. The second-order valence-electron chi connectivity index (χ2n) is 5.02. The number of carbonyl (C=O) groups is 1. The molecule has 3 heteroatoms. The van der Waals surface area contributed by atoms with E-state index in [0.29, 0.717) is 0 Å². The molecule has 18 heavy (non-hydrogen) atoms. The summed E-state index contributed by atoms with van der Waals surface area (Å²) in [4.78, 5) is 13.1. The van der Waals surface area contributed by atoms with E-state index >= 15 is 0 Å². The van der Waals surface area contributed by atoms with Crippen molar-refractivity contribution in [1.29, 1.82) is 0 Å². The normalized spacial score (nSPS) is 15.5. The van der Waals surface area contributed by atoms with E-state index in [1.54, 1.807) is 11.3 Å². The molecule has 0 fully saturated rings. The molecule has 1 aliphatic heterocycles. The van der Waals surface area contributed by atoms with Crippen molar-refractivity contribution in [2.75, 3.05) is 0 Å². The maximum atomic E-state index is 11.1. The molecule has 0 radical (unpaired) electrons. The van der Waals surface area contributed by atoms with Crippen LogP contribution in [0.3, 0.4) is 0 Å². The summed E-state index contributed by atoms with van der Waals surface area (Å²) in [6.07, 6.45) is 0.941. The fourth-order valence-electron chi connectivity index (χ4n) is 2.63. The second-order valence-corrected chi connectivity index (χ2v) is 6.07. The minimum absolute atomic E-state index is 0.383. The van der Waals surface area contributed by atoms with E-state index in [1.165, 1.54) is 4.88 Å². The Morgan fingerprint density at radius 1 is 1.28 bits per heavy atom. The number of para-hydroxylation sites is 1. The molecule has 1 aromatic carbocycles. The molecule has 0 N–H and O–H groups in total. The van der Waals surface area contributed by atoms with E-state index in [0.717, 1.165) is 33.6 Å². The van der Waals surface area contributed by atoms with Crippen molar-refractivity contribution in [2.45, 2.75) is 26.4 Å². The summed E-state index contributed by atoms with van der Waals surface area (Å²) >= 11 is 1.56. The molecule has 0 unspecified atom stereocenters. The molecule has 1 aliphatic rings. The summed E-state index contributed by atoms with van der Waals surface area (Å²) in [7, 11) is 0. The summed E-state index contributed by atoms with van der Waals surface area (Å²) < 4.78 is 6.08. The monoisotopic (exact) mass is 258 g/mol. The SMILES string of the molecule is Cc1c(C=O)sc2c1C(C)(C)Oc1ccccc1-2. The van der Waals surface area contributed by atoms with Gasteiger partial charge in [-0.15, -0.1) is 11.3 Å². The van der Waals surface area contributed by atoms with Crippen molar-refractivity contribution in [3.63, 3.8) is 0 Å². The van der Waals surface area contributed by atoms with Gasteiger partial charge in [0.1, 0.15) is 11.4 Å². The van der Waals surface area contributed by atoms with Gasteiger partial charge in [-0.25, -0.2) is 0 Å². The fraction of sp³-hybridized carbons (Fsp3) is 0.267. The summed E-state index contributed by atoms with van der Waals surface area (Å²) in [5, 5.41) is 0. The Morgan fingerprint density at radius 2 is 2.00 bits per heavy atom. The molecular weight excluding hydrogens is 244 g/mol. The van der Waals surface area contributed by atoms with Crippen LogP contribution in [-0.4, -0.2) is 6.29 Å². The first-order chi connectivity index (χ1) is 8.54. The molecule has 3 rings (SSSR count). The maximum Gasteiger partial charge on any atom is 0.160 e. The first-order valence-corrected chi connectivity index (χ1v) is 6.73. The number of rotatable bonds is 1. The Hall–Kier alpha value is -1.61. The standard InChI is InChI=1S/C15H14O2S/c1-9-12(8-16)18-14-10-6-4-5-7-11(10)17-15(2,3)13(9)14/h4-8H,1-3H3. The number of ether oxygens (including phenoxy) is 1. The van der Waals surface area contributed by atoms with Gasteiger partial charge in [0.25, 0.3) is 0 Å². The zero-order chi connectivity index (χ0) is 12.9. The molecule has 2 heterocycles. The Morgan fingerprint density at radius 3 is 2.72 bits per heavy atom. The number of fused-ring (bicyclic) bond motifs is 3. The number of hydrogen-bond acceptors (Lipinski definition) is 3. The van der Waals surface area contributed by atoms with Crippen molar-refractivity contribution in [3.05, 3.63) is 40.3 Å². The molecule has 0 bridgehead atoms. The Labute approximate surface area is 110 Å². The van der Waals surface area contributed by atoms with Crippen molar-refractivity contribution in [1.82, 2.24) is 0 Å². The molecule has 0 atom stereocenters. The Bertz CT molecular complexity index is 638. The highest BCUT2D eigenvalue weighted by atomic mass is 32.1. The van der Waals surface area contributed by atoms with Crippen LogP contribution in [0.4, 0.5) is 0 Å². The number of thiophene rings is 1. The van der Waals surface area contributed by atoms with E-state index in [9.17, 15) is 4.79 Å². The molecule has 0 aliphatic carbocycles.